The Morgan fingerprint density at radius 2 is 2.03 bits per heavy atom. The number of nitrogens with zero attached hydrogens (tertiary/aromatic N) is 1. The second-order valence-corrected chi connectivity index (χ2v) is 7.90. The lowest BCUT2D eigenvalue weighted by atomic mass is 9.89. The molecule has 0 unspecified atom stereocenters. The molecule has 0 saturated heterocycles. The molecule has 0 fully saturated rings. The molecule has 0 aromatic heterocycles. The fraction of sp³-hybridized carbons (Fsp3) is 0.333. The maximum absolute atomic E-state index is 14.2. The molecule has 2 aromatic rings. The number of benzene rings is 2. The Balaban J connectivity index is 1.56. The normalized spacial score (nSPS) is 19.4. The third-order valence-corrected chi connectivity index (χ3v) is 5.23. The van der Waals surface area contributed by atoms with E-state index in [1.807, 2.05) is 19.9 Å². The van der Waals surface area contributed by atoms with Crippen molar-refractivity contribution in [2.45, 2.75) is 38.5 Å². The van der Waals surface area contributed by atoms with E-state index in [-0.39, 0.29) is 11.8 Å². The summed E-state index contributed by atoms with van der Waals surface area (Å²) < 4.78 is 20.0. The predicted octanol–water partition coefficient (Wildman–Crippen LogP) is 3.91. The van der Waals surface area contributed by atoms with Gasteiger partial charge in [0.05, 0.1) is 11.7 Å². The van der Waals surface area contributed by atoms with Gasteiger partial charge < -0.3 is 20.7 Å². The van der Waals surface area contributed by atoms with Crippen molar-refractivity contribution < 1.29 is 18.7 Å². The Hall–Kier alpha value is -3.29. The van der Waals surface area contributed by atoms with Crippen molar-refractivity contribution in [3.05, 3.63) is 53.3 Å². The van der Waals surface area contributed by atoms with Gasteiger partial charge in [0.15, 0.2) is 11.6 Å². The van der Waals surface area contributed by atoms with Crippen LogP contribution < -0.4 is 25.6 Å². The summed E-state index contributed by atoms with van der Waals surface area (Å²) in [4.78, 5) is 26.1. The van der Waals surface area contributed by atoms with Crippen LogP contribution >= 0.6 is 0 Å². The van der Waals surface area contributed by atoms with Crippen LogP contribution in [0.4, 0.5) is 25.4 Å². The molecule has 8 heteroatoms. The molecule has 7 nitrogen and oxygen atoms in total. The van der Waals surface area contributed by atoms with Crippen molar-refractivity contribution in [2.75, 3.05) is 17.3 Å². The molecule has 2 heterocycles. The Labute approximate surface area is 168 Å². The van der Waals surface area contributed by atoms with Crippen molar-refractivity contribution >= 4 is 23.4 Å². The zero-order chi connectivity index (χ0) is 20.8. The molecule has 0 aliphatic carbocycles. The SMILES string of the molecule is CN1C(=O)NCc2c(NC(=O)N[C@@H]3CC(C)(C)Oc4c(F)cccc43)cccc21. The second-order valence-electron chi connectivity index (χ2n) is 7.90. The molecule has 29 heavy (non-hydrogen) atoms. The minimum atomic E-state index is -0.619. The van der Waals surface area contributed by atoms with E-state index in [0.29, 0.717) is 24.2 Å². The molecule has 2 aromatic carbocycles. The summed E-state index contributed by atoms with van der Waals surface area (Å²) >= 11 is 0. The Bertz CT molecular complexity index is 992. The predicted molar refractivity (Wildman–Crippen MR) is 108 cm³/mol. The molecule has 3 N–H and O–H groups in total. The molecule has 152 valence electrons. The van der Waals surface area contributed by atoms with Crippen molar-refractivity contribution in [1.29, 1.82) is 0 Å². The molecule has 0 bridgehead atoms. The first kappa shape index (κ1) is 19.0. The number of rotatable bonds is 2. The van der Waals surface area contributed by atoms with Gasteiger partial charge >= 0.3 is 12.1 Å². The van der Waals surface area contributed by atoms with Crippen LogP contribution in [0.15, 0.2) is 36.4 Å². The number of urea groups is 2. The first-order valence-electron chi connectivity index (χ1n) is 9.43. The zero-order valence-electron chi connectivity index (χ0n) is 16.5. The third-order valence-electron chi connectivity index (χ3n) is 5.23. The number of halogens is 1. The van der Waals surface area contributed by atoms with Crippen LogP contribution in [0.25, 0.3) is 0 Å². The van der Waals surface area contributed by atoms with Crippen LogP contribution in [-0.4, -0.2) is 24.7 Å². The fourth-order valence-electron chi connectivity index (χ4n) is 3.86. The van der Waals surface area contributed by atoms with Gasteiger partial charge in [-0.1, -0.05) is 18.2 Å². The van der Waals surface area contributed by atoms with E-state index in [1.54, 1.807) is 31.3 Å². The van der Waals surface area contributed by atoms with Crippen LogP contribution in [0, 0.1) is 5.82 Å². The van der Waals surface area contributed by atoms with Gasteiger partial charge in [0.2, 0.25) is 0 Å². The molecule has 0 spiro atoms. The molecule has 2 aliphatic heterocycles. The van der Waals surface area contributed by atoms with E-state index in [1.165, 1.54) is 11.0 Å². The molecule has 0 radical (unpaired) electrons. The van der Waals surface area contributed by atoms with Gasteiger partial charge in [0.1, 0.15) is 5.60 Å². The summed E-state index contributed by atoms with van der Waals surface area (Å²) in [7, 11) is 1.67. The molecule has 4 rings (SSSR count). The van der Waals surface area contributed by atoms with Gasteiger partial charge in [-0.15, -0.1) is 0 Å². The minimum absolute atomic E-state index is 0.176. The third kappa shape index (κ3) is 3.57. The van der Waals surface area contributed by atoms with Crippen molar-refractivity contribution in [3.63, 3.8) is 0 Å². The Kier molecular flexibility index (Phi) is 4.56. The average Bonchev–Trinajstić information content (AvgIpc) is 2.65. The smallest absolute Gasteiger partial charge is 0.321 e. The summed E-state index contributed by atoms with van der Waals surface area (Å²) in [6.45, 7) is 4.05. The average molecular weight is 398 g/mol. The number of ether oxygens (including phenoxy) is 1. The quantitative estimate of drug-likeness (QED) is 0.717. The summed E-state index contributed by atoms with van der Waals surface area (Å²) in [5.74, 6) is -0.270. The Morgan fingerprint density at radius 3 is 2.83 bits per heavy atom. The molecule has 1 atom stereocenters. The first-order chi connectivity index (χ1) is 13.7. The van der Waals surface area contributed by atoms with Crippen LogP contribution in [-0.2, 0) is 6.54 Å². The van der Waals surface area contributed by atoms with Crippen LogP contribution in [0.1, 0.15) is 37.4 Å². The van der Waals surface area contributed by atoms with Crippen LogP contribution in [0.5, 0.6) is 5.75 Å². The van der Waals surface area contributed by atoms with Gasteiger partial charge in [-0.25, -0.2) is 14.0 Å². The highest BCUT2D eigenvalue weighted by molar-refractivity contribution is 5.98. The maximum atomic E-state index is 14.2. The molecule has 2 aliphatic rings. The number of fused-ring (bicyclic) bond motifs is 2. The number of carbonyl (C=O) groups is 2. The lowest BCUT2D eigenvalue weighted by Gasteiger charge is -2.38. The largest absolute Gasteiger partial charge is 0.484 e. The zero-order valence-corrected chi connectivity index (χ0v) is 16.5. The van der Waals surface area contributed by atoms with E-state index >= 15 is 0 Å². The molecular weight excluding hydrogens is 375 g/mol. The summed E-state index contributed by atoms with van der Waals surface area (Å²) in [6, 6.07) is 9.11. The van der Waals surface area contributed by atoms with E-state index in [2.05, 4.69) is 16.0 Å². The van der Waals surface area contributed by atoms with Gasteiger partial charge in [-0.2, -0.15) is 0 Å². The van der Waals surface area contributed by atoms with E-state index in [4.69, 9.17) is 4.74 Å². The van der Waals surface area contributed by atoms with E-state index in [9.17, 15) is 14.0 Å². The topological polar surface area (TPSA) is 82.7 Å². The van der Waals surface area contributed by atoms with Gasteiger partial charge in [-0.05, 0) is 32.0 Å². The second kappa shape index (κ2) is 6.95. The molecule has 0 saturated carbocycles. The number of nitrogens with one attached hydrogen (secondary N) is 3. The highest BCUT2D eigenvalue weighted by atomic mass is 19.1. The van der Waals surface area contributed by atoms with Gasteiger partial charge in [-0.3, -0.25) is 4.90 Å². The lowest BCUT2D eigenvalue weighted by molar-refractivity contribution is 0.0630. The lowest BCUT2D eigenvalue weighted by Crippen LogP contribution is -2.43. The van der Waals surface area contributed by atoms with Crippen LogP contribution in [0.2, 0.25) is 0 Å². The Morgan fingerprint density at radius 1 is 1.28 bits per heavy atom. The van der Waals surface area contributed by atoms with Crippen molar-refractivity contribution in [3.8, 4) is 5.75 Å². The summed E-state index contributed by atoms with van der Waals surface area (Å²) in [5.41, 5.74) is 2.17. The molecule has 4 amide bonds. The van der Waals surface area contributed by atoms with E-state index < -0.39 is 23.5 Å². The van der Waals surface area contributed by atoms with Crippen molar-refractivity contribution in [1.82, 2.24) is 10.6 Å². The highest BCUT2D eigenvalue weighted by Crippen LogP contribution is 2.41. The van der Waals surface area contributed by atoms with E-state index in [0.717, 1.165) is 11.3 Å². The number of carbonyl (C=O) groups excluding carboxylic acids is 2. The molecular formula is C21H23FN4O3. The highest BCUT2D eigenvalue weighted by Gasteiger charge is 2.36. The van der Waals surface area contributed by atoms with Crippen molar-refractivity contribution in [2.24, 2.45) is 0 Å². The monoisotopic (exact) mass is 398 g/mol. The number of amides is 4. The number of hydrogen-bond donors (Lipinski definition) is 3. The summed E-state index contributed by atoms with van der Waals surface area (Å²) in [5, 5.41) is 8.57. The summed E-state index contributed by atoms with van der Waals surface area (Å²) in [6.07, 6.45) is 0.503. The standard InChI is InChI=1S/C21H23FN4O3/c1-21(2)10-16(12-6-4-7-14(22)18(12)29-21)25-19(27)24-15-8-5-9-17-13(15)11-23-20(28)26(17)3/h4-9,16H,10-11H2,1-3H3,(H,23,28)(H2,24,25,27)/t16-/m1/s1. The number of anilines is 2. The first-order valence-corrected chi connectivity index (χ1v) is 9.43. The van der Waals surface area contributed by atoms with Gasteiger partial charge in [0.25, 0.3) is 0 Å². The van der Waals surface area contributed by atoms with Gasteiger partial charge in [0, 0.05) is 36.8 Å². The van der Waals surface area contributed by atoms with Crippen LogP contribution in [0.3, 0.4) is 0 Å². The number of hydrogen-bond acceptors (Lipinski definition) is 3. The fourth-order valence-corrected chi connectivity index (χ4v) is 3.86. The maximum Gasteiger partial charge on any atom is 0.321 e. The number of para-hydroxylation sites is 1. The minimum Gasteiger partial charge on any atom is -0.484 e.